The Hall–Kier alpha value is -1.84. The number of carbonyl (C=O) groups excluding carboxylic acids is 1. The Morgan fingerprint density at radius 1 is 1.06 bits per heavy atom. The zero-order valence-corrected chi connectivity index (χ0v) is 20.7. The first-order chi connectivity index (χ1) is 16.4. The van der Waals surface area contributed by atoms with Crippen molar-refractivity contribution in [3.63, 3.8) is 0 Å². The van der Waals surface area contributed by atoms with Crippen LogP contribution in [0.1, 0.15) is 5.56 Å². The van der Waals surface area contributed by atoms with E-state index in [1.165, 1.54) is 5.06 Å². The van der Waals surface area contributed by atoms with Crippen molar-refractivity contribution < 1.29 is 18.9 Å². The molecule has 0 aliphatic carbocycles. The molecule has 1 aromatic heterocycles. The smallest absolute Gasteiger partial charge is 0.284 e. The standard InChI is InChI=1S/C23H19Cl4N3O4/c24-15-2-1-3-16(25)21(15)17-12-19(33-28-17)14-5-4-13-11-20(29-6-8-32-9-7-29)34-30(18(13)10-14)23(31)22(26)27/h1-5,10,12,20,22H,6-9,11H2. The molecule has 3 aromatic rings. The van der Waals surface area contributed by atoms with Gasteiger partial charge in [-0.3, -0.25) is 9.69 Å². The van der Waals surface area contributed by atoms with Gasteiger partial charge in [0.05, 0.1) is 28.9 Å². The van der Waals surface area contributed by atoms with Crippen molar-refractivity contribution in [3.8, 4) is 22.6 Å². The minimum Gasteiger partial charge on any atom is -0.379 e. The first kappa shape index (κ1) is 23.9. The highest BCUT2D eigenvalue weighted by molar-refractivity contribution is 6.54. The highest BCUT2D eigenvalue weighted by Gasteiger charge is 2.36. The van der Waals surface area contributed by atoms with Crippen LogP contribution in [0, 0.1) is 0 Å². The number of anilines is 1. The number of aromatic nitrogens is 1. The van der Waals surface area contributed by atoms with Gasteiger partial charge >= 0.3 is 0 Å². The summed E-state index contributed by atoms with van der Waals surface area (Å²) in [6, 6.07) is 12.6. The van der Waals surface area contributed by atoms with Gasteiger partial charge in [-0.1, -0.05) is 69.8 Å². The lowest BCUT2D eigenvalue weighted by Crippen LogP contribution is -2.52. The largest absolute Gasteiger partial charge is 0.379 e. The summed E-state index contributed by atoms with van der Waals surface area (Å²) in [5.74, 6) is -0.0921. The number of hydrogen-bond acceptors (Lipinski definition) is 6. The minimum atomic E-state index is -1.28. The van der Waals surface area contributed by atoms with Crippen LogP contribution in [0.2, 0.25) is 10.0 Å². The number of rotatable bonds is 4. The van der Waals surface area contributed by atoms with Crippen LogP contribution in [-0.4, -0.2) is 53.3 Å². The maximum absolute atomic E-state index is 12.8. The number of alkyl halides is 2. The fourth-order valence-corrected chi connectivity index (χ4v) is 4.84. The molecule has 11 heteroatoms. The molecule has 0 radical (unpaired) electrons. The summed E-state index contributed by atoms with van der Waals surface area (Å²) in [6.07, 6.45) is 0.253. The van der Waals surface area contributed by atoms with Crippen molar-refractivity contribution in [2.45, 2.75) is 17.5 Å². The maximum atomic E-state index is 12.8. The quantitative estimate of drug-likeness (QED) is 0.400. The number of halogens is 4. The number of hydrogen-bond donors (Lipinski definition) is 0. The molecule has 0 bridgehead atoms. The average molecular weight is 543 g/mol. The topological polar surface area (TPSA) is 68.0 Å². The molecule has 2 aliphatic rings. The van der Waals surface area contributed by atoms with E-state index in [0.29, 0.717) is 71.0 Å². The van der Waals surface area contributed by atoms with Crippen molar-refractivity contribution >= 4 is 58.0 Å². The summed E-state index contributed by atoms with van der Waals surface area (Å²) < 4.78 is 11.0. The van der Waals surface area contributed by atoms with Gasteiger partial charge in [-0.2, -0.15) is 5.06 Å². The molecular weight excluding hydrogens is 524 g/mol. The number of hydroxylamine groups is 1. The third-order valence-electron chi connectivity index (χ3n) is 5.78. The number of benzene rings is 2. The second-order valence-electron chi connectivity index (χ2n) is 7.86. The van der Waals surface area contributed by atoms with Gasteiger partial charge in [0.15, 0.2) is 10.6 Å². The molecular formula is C23H19Cl4N3O4. The summed E-state index contributed by atoms with van der Waals surface area (Å²) in [7, 11) is 0. The fraction of sp³-hybridized carbons (Fsp3) is 0.304. The van der Waals surface area contributed by atoms with E-state index in [1.807, 2.05) is 12.1 Å². The lowest BCUT2D eigenvalue weighted by atomic mass is 10.0. The van der Waals surface area contributed by atoms with Crippen molar-refractivity contribution in [1.82, 2.24) is 10.1 Å². The molecule has 0 spiro atoms. The van der Waals surface area contributed by atoms with Gasteiger partial charge in [-0.05, 0) is 23.8 Å². The Morgan fingerprint density at radius 2 is 1.79 bits per heavy atom. The Labute approximate surface area is 215 Å². The first-order valence-corrected chi connectivity index (χ1v) is 12.2. The molecule has 1 atom stereocenters. The van der Waals surface area contributed by atoms with E-state index in [4.69, 9.17) is 60.5 Å². The monoisotopic (exact) mass is 541 g/mol. The van der Waals surface area contributed by atoms with E-state index < -0.39 is 10.7 Å². The molecule has 5 rings (SSSR count). The van der Waals surface area contributed by atoms with E-state index in [9.17, 15) is 4.79 Å². The van der Waals surface area contributed by atoms with E-state index in [2.05, 4.69) is 10.1 Å². The molecule has 3 heterocycles. The van der Waals surface area contributed by atoms with Gasteiger partial charge in [-0.15, -0.1) is 0 Å². The molecule has 34 heavy (non-hydrogen) atoms. The molecule has 1 saturated heterocycles. The SMILES string of the molecule is O=C(C(Cl)Cl)N1OC(N2CCOCC2)Cc2ccc(-c3cc(-c4c(Cl)cccc4Cl)no3)cc21. The normalized spacial score (nSPS) is 18.9. The Balaban J connectivity index is 1.49. The summed E-state index contributed by atoms with van der Waals surface area (Å²) in [5, 5.41) is 6.24. The van der Waals surface area contributed by atoms with Gasteiger partial charge in [0.25, 0.3) is 5.91 Å². The van der Waals surface area contributed by atoms with Crippen LogP contribution in [0.25, 0.3) is 22.6 Å². The number of nitrogens with zero attached hydrogens (tertiary/aromatic N) is 3. The zero-order valence-electron chi connectivity index (χ0n) is 17.7. The van der Waals surface area contributed by atoms with Crippen molar-refractivity contribution in [1.29, 1.82) is 0 Å². The van der Waals surface area contributed by atoms with Crippen LogP contribution in [-0.2, 0) is 20.8 Å². The summed E-state index contributed by atoms with van der Waals surface area (Å²) in [5.41, 5.74) is 3.24. The second kappa shape index (κ2) is 10.0. The molecule has 0 N–H and O–H groups in total. The molecule has 178 valence electrons. The Kier molecular flexibility index (Phi) is 7.04. The molecule has 2 aromatic carbocycles. The average Bonchev–Trinajstić information content (AvgIpc) is 3.32. The third kappa shape index (κ3) is 4.66. The summed E-state index contributed by atoms with van der Waals surface area (Å²) in [4.78, 5) is 19.8. The number of fused-ring (bicyclic) bond motifs is 1. The van der Waals surface area contributed by atoms with Gasteiger partial charge < -0.3 is 9.26 Å². The predicted octanol–water partition coefficient (Wildman–Crippen LogP) is 5.60. The summed E-state index contributed by atoms with van der Waals surface area (Å²) in [6.45, 7) is 2.63. The van der Waals surface area contributed by atoms with Gasteiger partial charge in [0, 0.05) is 36.7 Å². The maximum Gasteiger partial charge on any atom is 0.284 e. The predicted molar refractivity (Wildman–Crippen MR) is 131 cm³/mol. The first-order valence-electron chi connectivity index (χ1n) is 10.6. The molecule has 1 fully saturated rings. The van der Waals surface area contributed by atoms with E-state index >= 15 is 0 Å². The minimum absolute atomic E-state index is 0.336. The lowest BCUT2D eigenvalue weighted by Gasteiger charge is -2.40. The number of morpholine rings is 1. The molecule has 1 unspecified atom stereocenters. The van der Waals surface area contributed by atoms with Gasteiger partial charge in [0.1, 0.15) is 11.9 Å². The molecule has 2 aliphatic heterocycles. The van der Waals surface area contributed by atoms with E-state index in [-0.39, 0.29) is 6.23 Å². The van der Waals surface area contributed by atoms with Crippen LogP contribution < -0.4 is 5.06 Å². The highest BCUT2D eigenvalue weighted by atomic mass is 35.5. The Bertz CT molecular complexity index is 1190. The molecule has 0 saturated carbocycles. The number of carbonyl (C=O) groups is 1. The molecule has 7 nitrogen and oxygen atoms in total. The van der Waals surface area contributed by atoms with Gasteiger partial charge in [0.2, 0.25) is 0 Å². The van der Waals surface area contributed by atoms with Crippen LogP contribution in [0.15, 0.2) is 47.0 Å². The Morgan fingerprint density at radius 3 is 2.50 bits per heavy atom. The second-order valence-corrected chi connectivity index (χ2v) is 9.77. The lowest BCUT2D eigenvalue weighted by molar-refractivity contribution is -0.142. The van der Waals surface area contributed by atoms with Crippen molar-refractivity contribution in [2.75, 3.05) is 31.4 Å². The van der Waals surface area contributed by atoms with Crippen LogP contribution in [0.4, 0.5) is 5.69 Å². The van der Waals surface area contributed by atoms with Crippen LogP contribution in [0.3, 0.4) is 0 Å². The number of amides is 1. The van der Waals surface area contributed by atoms with Crippen molar-refractivity contribution in [3.05, 3.63) is 58.1 Å². The summed E-state index contributed by atoms with van der Waals surface area (Å²) >= 11 is 24.5. The van der Waals surface area contributed by atoms with Crippen LogP contribution in [0.5, 0.6) is 0 Å². The zero-order chi connectivity index (χ0) is 23.8. The third-order valence-corrected chi connectivity index (χ3v) is 6.78. The highest BCUT2D eigenvalue weighted by Crippen LogP contribution is 2.38. The van der Waals surface area contributed by atoms with Crippen molar-refractivity contribution in [2.24, 2.45) is 0 Å². The fourth-order valence-electron chi connectivity index (χ4n) is 4.07. The van der Waals surface area contributed by atoms with E-state index in [1.54, 1.807) is 30.3 Å². The van der Waals surface area contributed by atoms with Gasteiger partial charge in [-0.25, -0.2) is 4.84 Å². The van der Waals surface area contributed by atoms with Crippen LogP contribution >= 0.6 is 46.4 Å². The van der Waals surface area contributed by atoms with E-state index in [0.717, 1.165) is 5.56 Å². The number of ether oxygens (including phenoxy) is 1. The molecule has 1 amide bonds.